The molecule has 2 N–H and O–H groups in total. The SMILES string of the molecule is CCc1[nH]nc(C(=O)NC2CCC(Sc3nc(C)cs3)CC2)c1C. The molecular formula is C17H24N4OS2. The number of nitrogens with zero attached hydrogens (tertiary/aromatic N) is 2. The van der Waals surface area contributed by atoms with Crippen LogP contribution in [0.4, 0.5) is 0 Å². The van der Waals surface area contributed by atoms with Gasteiger partial charge in [-0.15, -0.1) is 11.3 Å². The predicted molar refractivity (Wildman–Crippen MR) is 98.9 cm³/mol. The molecule has 0 bridgehead atoms. The zero-order chi connectivity index (χ0) is 17.1. The number of carbonyl (C=O) groups excluding carboxylic acids is 1. The number of nitrogens with one attached hydrogen (secondary N) is 2. The lowest BCUT2D eigenvalue weighted by Gasteiger charge is -2.28. The molecule has 0 aromatic carbocycles. The summed E-state index contributed by atoms with van der Waals surface area (Å²) >= 11 is 3.62. The van der Waals surface area contributed by atoms with Gasteiger partial charge in [0.15, 0.2) is 5.69 Å². The monoisotopic (exact) mass is 364 g/mol. The van der Waals surface area contributed by atoms with Crippen LogP contribution in [0.15, 0.2) is 9.72 Å². The highest BCUT2D eigenvalue weighted by atomic mass is 32.2. The topological polar surface area (TPSA) is 70.7 Å². The third kappa shape index (κ3) is 4.00. The van der Waals surface area contributed by atoms with Crippen LogP contribution >= 0.6 is 23.1 Å². The number of aromatic amines is 1. The maximum atomic E-state index is 12.4. The van der Waals surface area contributed by atoms with E-state index in [1.807, 2.05) is 25.6 Å². The average molecular weight is 365 g/mol. The summed E-state index contributed by atoms with van der Waals surface area (Å²) in [4.78, 5) is 17.0. The van der Waals surface area contributed by atoms with Crippen molar-refractivity contribution in [3.63, 3.8) is 0 Å². The summed E-state index contributed by atoms with van der Waals surface area (Å²) in [5.74, 6) is -0.0462. The number of aromatic nitrogens is 3. The standard InChI is InChI=1S/C17H24N4OS2/c1-4-14-11(3)15(21-20-14)16(22)19-12-5-7-13(8-6-12)24-17-18-10(2)9-23-17/h9,12-13H,4-8H2,1-3H3,(H,19,22)(H,20,21). The normalized spacial score (nSPS) is 21.0. The molecule has 2 aromatic heterocycles. The first-order valence-electron chi connectivity index (χ1n) is 8.50. The summed E-state index contributed by atoms with van der Waals surface area (Å²) in [6, 6.07) is 0.258. The van der Waals surface area contributed by atoms with Gasteiger partial charge < -0.3 is 5.32 Å². The van der Waals surface area contributed by atoms with Crippen LogP contribution in [0.5, 0.6) is 0 Å². The zero-order valence-electron chi connectivity index (χ0n) is 14.4. The molecule has 0 atom stereocenters. The molecular weight excluding hydrogens is 340 g/mol. The Balaban J connectivity index is 1.49. The second-order valence-electron chi connectivity index (χ2n) is 6.35. The first kappa shape index (κ1) is 17.5. The number of thiazole rings is 1. The fraction of sp³-hybridized carbons (Fsp3) is 0.588. The number of hydrogen-bond acceptors (Lipinski definition) is 5. The molecule has 3 rings (SSSR count). The number of carbonyl (C=O) groups is 1. The Kier molecular flexibility index (Phi) is 5.61. The van der Waals surface area contributed by atoms with E-state index >= 15 is 0 Å². The summed E-state index contributed by atoms with van der Waals surface area (Å²) in [6.45, 7) is 6.06. The molecule has 130 valence electrons. The van der Waals surface area contributed by atoms with Crippen molar-refractivity contribution in [2.75, 3.05) is 0 Å². The lowest BCUT2D eigenvalue weighted by molar-refractivity contribution is 0.0922. The Morgan fingerprint density at radius 3 is 2.71 bits per heavy atom. The van der Waals surface area contributed by atoms with E-state index in [-0.39, 0.29) is 11.9 Å². The number of thioether (sulfide) groups is 1. The second kappa shape index (κ2) is 7.70. The Bertz CT molecular complexity index is 701. The number of aryl methyl sites for hydroxylation is 2. The van der Waals surface area contributed by atoms with Crippen molar-refractivity contribution in [2.45, 2.75) is 68.5 Å². The minimum atomic E-state index is -0.0462. The third-order valence-corrected chi connectivity index (χ3v) is 6.98. The van der Waals surface area contributed by atoms with Crippen LogP contribution in [0.1, 0.15) is 60.0 Å². The highest BCUT2D eigenvalue weighted by molar-refractivity contribution is 8.01. The van der Waals surface area contributed by atoms with Gasteiger partial charge in [0.2, 0.25) is 0 Å². The lowest BCUT2D eigenvalue weighted by Crippen LogP contribution is -2.38. The van der Waals surface area contributed by atoms with Crippen molar-refractivity contribution in [3.05, 3.63) is 28.0 Å². The molecule has 0 saturated heterocycles. The Morgan fingerprint density at radius 1 is 1.38 bits per heavy atom. The summed E-state index contributed by atoms with van der Waals surface area (Å²) in [5.41, 5.74) is 3.66. The van der Waals surface area contributed by atoms with Crippen molar-refractivity contribution in [1.82, 2.24) is 20.5 Å². The molecule has 0 radical (unpaired) electrons. The minimum absolute atomic E-state index is 0.0462. The summed E-state index contributed by atoms with van der Waals surface area (Å²) < 4.78 is 1.17. The van der Waals surface area contributed by atoms with Gasteiger partial charge >= 0.3 is 0 Å². The Hall–Kier alpha value is -1.34. The first-order chi connectivity index (χ1) is 11.6. The van der Waals surface area contributed by atoms with Gasteiger partial charge in [-0.3, -0.25) is 9.89 Å². The van der Waals surface area contributed by atoms with Crippen molar-refractivity contribution in [2.24, 2.45) is 0 Å². The number of hydrogen-bond donors (Lipinski definition) is 2. The van der Waals surface area contributed by atoms with E-state index in [1.165, 1.54) is 4.34 Å². The quantitative estimate of drug-likeness (QED) is 0.845. The van der Waals surface area contributed by atoms with Crippen LogP contribution < -0.4 is 5.32 Å². The van der Waals surface area contributed by atoms with Gasteiger partial charge in [-0.1, -0.05) is 18.7 Å². The summed E-state index contributed by atoms with van der Waals surface area (Å²) in [5, 5.41) is 13.0. The number of H-pyrrole nitrogens is 1. The number of amides is 1. The molecule has 7 heteroatoms. The van der Waals surface area contributed by atoms with Gasteiger partial charge in [0.05, 0.1) is 0 Å². The molecule has 1 aliphatic rings. The molecule has 5 nitrogen and oxygen atoms in total. The average Bonchev–Trinajstić information content (AvgIpc) is 3.14. The van der Waals surface area contributed by atoms with Gasteiger partial charge in [0.1, 0.15) is 4.34 Å². The van der Waals surface area contributed by atoms with E-state index < -0.39 is 0 Å². The molecule has 0 unspecified atom stereocenters. The van der Waals surface area contributed by atoms with Crippen LogP contribution in [0.3, 0.4) is 0 Å². The van der Waals surface area contributed by atoms with Gasteiger partial charge in [0, 0.05) is 33.6 Å². The van der Waals surface area contributed by atoms with Crippen LogP contribution in [-0.2, 0) is 6.42 Å². The molecule has 1 aliphatic carbocycles. The van der Waals surface area contributed by atoms with Crippen molar-refractivity contribution in [1.29, 1.82) is 0 Å². The van der Waals surface area contributed by atoms with Crippen molar-refractivity contribution >= 4 is 29.0 Å². The van der Waals surface area contributed by atoms with E-state index in [1.54, 1.807) is 11.3 Å². The molecule has 24 heavy (non-hydrogen) atoms. The molecule has 1 amide bonds. The van der Waals surface area contributed by atoms with E-state index in [9.17, 15) is 4.79 Å². The molecule has 2 heterocycles. The van der Waals surface area contributed by atoms with Crippen molar-refractivity contribution < 1.29 is 4.79 Å². The number of rotatable bonds is 5. The van der Waals surface area contributed by atoms with Crippen LogP contribution in [0, 0.1) is 13.8 Å². The highest BCUT2D eigenvalue weighted by Gasteiger charge is 2.25. The molecule has 2 aromatic rings. The van der Waals surface area contributed by atoms with Crippen molar-refractivity contribution in [3.8, 4) is 0 Å². The van der Waals surface area contributed by atoms with Crippen LogP contribution in [0.25, 0.3) is 0 Å². The lowest BCUT2D eigenvalue weighted by atomic mass is 9.95. The van der Waals surface area contributed by atoms with Crippen LogP contribution in [0.2, 0.25) is 0 Å². The third-order valence-electron chi connectivity index (χ3n) is 4.55. The molecule has 1 saturated carbocycles. The molecule has 0 spiro atoms. The molecule has 0 aliphatic heterocycles. The second-order valence-corrected chi connectivity index (χ2v) is 8.75. The van der Waals surface area contributed by atoms with Gasteiger partial charge in [-0.25, -0.2) is 4.98 Å². The highest BCUT2D eigenvalue weighted by Crippen LogP contribution is 2.35. The summed E-state index contributed by atoms with van der Waals surface area (Å²) in [6.07, 6.45) is 5.16. The fourth-order valence-electron chi connectivity index (χ4n) is 3.11. The Labute approximate surface area is 151 Å². The molecule has 1 fully saturated rings. The minimum Gasteiger partial charge on any atom is -0.348 e. The van der Waals surface area contributed by atoms with Gasteiger partial charge in [0.25, 0.3) is 5.91 Å². The predicted octanol–water partition coefficient (Wildman–Crippen LogP) is 3.88. The largest absolute Gasteiger partial charge is 0.348 e. The maximum absolute atomic E-state index is 12.4. The van der Waals surface area contributed by atoms with Gasteiger partial charge in [-0.05, 0) is 46.0 Å². The van der Waals surface area contributed by atoms with E-state index in [0.29, 0.717) is 10.9 Å². The fourth-order valence-corrected chi connectivity index (χ4v) is 5.39. The summed E-state index contributed by atoms with van der Waals surface area (Å²) in [7, 11) is 0. The van der Waals surface area contributed by atoms with Gasteiger partial charge in [-0.2, -0.15) is 5.10 Å². The first-order valence-corrected chi connectivity index (χ1v) is 10.3. The smallest absolute Gasteiger partial charge is 0.272 e. The van der Waals surface area contributed by atoms with E-state index in [0.717, 1.165) is 49.1 Å². The maximum Gasteiger partial charge on any atom is 0.272 e. The van der Waals surface area contributed by atoms with E-state index in [4.69, 9.17) is 0 Å². The zero-order valence-corrected chi connectivity index (χ0v) is 16.0. The van der Waals surface area contributed by atoms with Crippen LogP contribution in [-0.4, -0.2) is 32.4 Å². The Morgan fingerprint density at radius 2 is 2.12 bits per heavy atom. The van der Waals surface area contributed by atoms with E-state index in [2.05, 4.69) is 32.8 Å².